The van der Waals surface area contributed by atoms with Crippen LogP contribution in [0.15, 0.2) is 24.3 Å². The van der Waals surface area contributed by atoms with Crippen molar-refractivity contribution in [3.8, 4) is 6.07 Å². The fraction of sp³-hybridized carbons (Fsp3) is 0.412. The lowest BCUT2D eigenvalue weighted by Gasteiger charge is -2.20. The molecule has 0 aliphatic carbocycles. The molecule has 126 valence electrons. The van der Waals surface area contributed by atoms with E-state index in [0.717, 1.165) is 0 Å². The third-order valence-corrected chi connectivity index (χ3v) is 3.90. The van der Waals surface area contributed by atoms with Crippen molar-refractivity contribution in [2.24, 2.45) is 5.92 Å². The van der Waals surface area contributed by atoms with Crippen LogP contribution in [-0.2, 0) is 9.59 Å². The van der Waals surface area contributed by atoms with Crippen LogP contribution in [-0.4, -0.2) is 41.8 Å². The second-order valence-corrected chi connectivity index (χ2v) is 5.95. The Hall–Kier alpha value is -2.88. The van der Waals surface area contributed by atoms with E-state index >= 15 is 0 Å². The van der Waals surface area contributed by atoms with Gasteiger partial charge < -0.3 is 15.5 Å². The number of amides is 3. The van der Waals surface area contributed by atoms with Gasteiger partial charge in [-0.2, -0.15) is 5.26 Å². The van der Waals surface area contributed by atoms with E-state index in [1.165, 1.54) is 0 Å². The maximum Gasteiger partial charge on any atom is 0.252 e. The predicted molar refractivity (Wildman–Crippen MR) is 88.0 cm³/mol. The summed E-state index contributed by atoms with van der Waals surface area (Å²) in [5.74, 6) is -0.912. The average molecular weight is 328 g/mol. The number of carbonyl (C=O) groups is 3. The normalized spacial score (nSPS) is 16.8. The number of hydrogen-bond donors (Lipinski definition) is 2. The molecule has 3 amide bonds. The Kier molecular flexibility index (Phi) is 5.53. The molecular formula is C17H20N4O3. The predicted octanol–water partition coefficient (Wildman–Crippen LogP) is 1.14. The minimum atomic E-state index is -0.362. The van der Waals surface area contributed by atoms with Gasteiger partial charge in [-0.25, -0.2) is 0 Å². The molecule has 1 unspecified atom stereocenters. The largest absolute Gasteiger partial charge is 0.339 e. The molecule has 0 saturated carbocycles. The van der Waals surface area contributed by atoms with Crippen molar-refractivity contribution in [3.63, 3.8) is 0 Å². The first kappa shape index (κ1) is 17.5. The molecule has 7 nitrogen and oxygen atoms in total. The molecule has 24 heavy (non-hydrogen) atoms. The molecule has 7 heteroatoms. The van der Waals surface area contributed by atoms with Gasteiger partial charge in [0.2, 0.25) is 11.8 Å². The molecule has 0 radical (unpaired) electrons. The molecule has 1 heterocycles. The topological polar surface area (TPSA) is 102 Å². The average Bonchev–Trinajstić information content (AvgIpc) is 2.95. The van der Waals surface area contributed by atoms with Gasteiger partial charge in [0.15, 0.2) is 0 Å². The van der Waals surface area contributed by atoms with Crippen molar-refractivity contribution < 1.29 is 14.4 Å². The first-order valence-electron chi connectivity index (χ1n) is 7.78. The minimum absolute atomic E-state index is 0.00494. The lowest BCUT2D eigenvalue weighted by atomic mass is 10.1. The van der Waals surface area contributed by atoms with Crippen LogP contribution >= 0.6 is 0 Å². The summed E-state index contributed by atoms with van der Waals surface area (Å²) in [5, 5.41) is 13.7. The number of nitrogens with zero attached hydrogens (tertiary/aromatic N) is 2. The maximum atomic E-state index is 12.3. The first-order chi connectivity index (χ1) is 11.4. The van der Waals surface area contributed by atoms with Crippen molar-refractivity contribution in [1.82, 2.24) is 10.2 Å². The zero-order valence-corrected chi connectivity index (χ0v) is 13.7. The van der Waals surface area contributed by atoms with Crippen LogP contribution in [0.3, 0.4) is 0 Å². The molecule has 0 spiro atoms. The number of likely N-dealkylation sites (tertiary alicyclic amines) is 1. The molecular weight excluding hydrogens is 308 g/mol. The number of benzene rings is 1. The van der Waals surface area contributed by atoms with E-state index in [1.54, 1.807) is 29.2 Å². The molecule has 1 aromatic carbocycles. The van der Waals surface area contributed by atoms with Crippen molar-refractivity contribution in [3.05, 3.63) is 29.8 Å². The summed E-state index contributed by atoms with van der Waals surface area (Å²) < 4.78 is 0. The first-order valence-corrected chi connectivity index (χ1v) is 7.78. The van der Waals surface area contributed by atoms with E-state index in [1.807, 2.05) is 19.9 Å². The summed E-state index contributed by atoms with van der Waals surface area (Å²) in [5.41, 5.74) is 0.970. The van der Waals surface area contributed by atoms with Crippen molar-refractivity contribution in [2.75, 3.05) is 18.4 Å². The highest BCUT2D eigenvalue weighted by Gasteiger charge is 2.35. The summed E-state index contributed by atoms with van der Waals surface area (Å²) in [6.45, 7) is 4.22. The molecule has 1 fully saturated rings. The van der Waals surface area contributed by atoms with Gasteiger partial charge in [-0.15, -0.1) is 0 Å². The van der Waals surface area contributed by atoms with Crippen LogP contribution in [0.2, 0.25) is 0 Å². The highest BCUT2D eigenvalue weighted by molar-refractivity contribution is 5.98. The standard InChI is InChI=1S/C17H20N4O3/c1-11(2)21-10-13(9-15(21)22)17(24)20-14-5-3-12(4-6-14)16(23)19-8-7-18/h3-6,11,13H,8-10H2,1-2H3,(H,19,23)(H,20,24). The van der Waals surface area contributed by atoms with Gasteiger partial charge in [0, 0.05) is 30.3 Å². The van der Waals surface area contributed by atoms with E-state index < -0.39 is 0 Å². The number of nitrogens with one attached hydrogen (secondary N) is 2. The maximum absolute atomic E-state index is 12.3. The molecule has 0 aromatic heterocycles. The summed E-state index contributed by atoms with van der Waals surface area (Å²) in [4.78, 5) is 37.5. The zero-order valence-electron chi connectivity index (χ0n) is 13.7. The van der Waals surface area contributed by atoms with Gasteiger partial charge in [0.1, 0.15) is 6.54 Å². The molecule has 1 aliphatic rings. The molecule has 1 aliphatic heterocycles. The zero-order chi connectivity index (χ0) is 17.7. The molecule has 2 N–H and O–H groups in total. The molecule has 2 rings (SSSR count). The number of carbonyl (C=O) groups excluding carboxylic acids is 3. The second kappa shape index (κ2) is 7.59. The lowest BCUT2D eigenvalue weighted by Crippen LogP contribution is -2.33. The number of rotatable bonds is 5. The van der Waals surface area contributed by atoms with Crippen molar-refractivity contribution in [2.45, 2.75) is 26.3 Å². The molecule has 0 bridgehead atoms. The Labute approximate surface area is 140 Å². The van der Waals surface area contributed by atoms with E-state index in [9.17, 15) is 14.4 Å². The van der Waals surface area contributed by atoms with Gasteiger partial charge in [-0.1, -0.05) is 0 Å². The third-order valence-electron chi connectivity index (χ3n) is 3.90. The smallest absolute Gasteiger partial charge is 0.252 e. The van der Waals surface area contributed by atoms with Crippen LogP contribution in [0, 0.1) is 17.2 Å². The van der Waals surface area contributed by atoms with Gasteiger partial charge in [0.05, 0.1) is 12.0 Å². The Morgan fingerprint density at radius 2 is 2.00 bits per heavy atom. The SMILES string of the molecule is CC(C)N1CC(C(=O)Nc2ccc(C(=O)NCC#N)cc2)CC1=O. The summed E-state index contributed by atoms with van der Waals surface area (Å²) in [7, 11) is 0. The minimum Gasteiger partial charge on any atom is -0.339 e. The Balaban J connectivity index is 1.94. The third kappa shape index (κ3) is 4.10. The highest BCUT2D eigenvalue weighted by atomic mass is 16.2. The Morgan fingerprint density at radius 1 is 1.33 bits per heavy atom. The monoisotopic (exact) mass is 328 g/mol. The van der Waals surface area contributed by atoms with Gasteiger partial charge in [-0.3, -0.25) is 14.4 Å². The van der Waals surface area contributed by atoms with Crippen LogP contribution in [0.5, 0.6) is 0 Å². The van der Waals surface area contributed by atoms with Gasteiger partial charge in [0.25, 0.3) is 5.91 Å². The number of hydrogen-bond acceptors (Lipinski definition) is 4. The quantitative estimate of drug-likeness (QED) is 0.791. The van der Waals surface area contributed by atoms with E-state index in [2.05, 4.69) is 10.6 Å². The number of nitriles is 1. The second-order valence-electron chi connectivity index (χ2n) is 5.95. The fourth-order valence-corrected chi connectivity index (χ4v) is 2.58. The van der Waals surface area contributed by atoms with Gasteiger partial charge >= 0.3 is 0 Å². The Morgan fingerprint density at radius 3 is 2.54 bits per heavy atom. The van der Waals surface area contributed by atoms with E-state index in [0.29, 0.717) is 17.8 Å². The van der Waals surface area contributed by atoms with Crippen LogP contribution in [0.25, 0.3) is 0 Å². The van der Waals surface area contributed by atoms with Crippen LogP contribution in [0.1, 0.15) is 30.6 Å². The van der Waals surface area contributed by atoms with Crippen LogP contribution in [0.4, 0.5) is 5.69 Å². The van der Waals surface area contributed by atoms with Crippen molar-refractivity contribution in [1.29, 1.82) is 5.26 Å². The van der Waals surface area contributed by atoms with Crippen LogP contribution < -0.4 is 10.6 Å². The Bertz CT molecular complexity index is 676. The fourth-order valence-electron chi connectivity index (χ4n) is 2.58. The van der Waals surface area contributed by atoms with Crippen molar-refractivity contribution >= 4 is 23.4 Å². The molecule has 1 atom stereocenters. The molecule has 1 saturated heterocycles. The number of anilines is 1. The van der Waals surface area contributed by atoms with E-state index in [-0.39, 0.29) is 42.6 Å². The summed E-state index contributed by atoms with van der Waals surface area (Å²) in [6, 6.07) is 8.30. The highest BCUT2D eigenvalue weighted by Crippen LogP contribution is 2.22. The van der Waals surface area contributed by atoms with Gasteiger partial charge in [-0.05, 0) is 38.1 Å². The molecule has 1 aromatic rings. The lowest BCUT2D eigenvalue weighted by molar-refractivity contribution is -0.129. The summed E-state index contributed by atoms with van der Waals surface area (Å²) >= 11 is 0. The van der Waals surface area contributed by atoms with E-state index in [4.69, 9.17) is 5.26 Å². The summed E-state index contributed by atoms with van der Waals surface area (Å²) in [6.07, 6.45) is 0.221.